The number of carboxylic acids is 1. The Kier molecular flexibility index (Phi) is 3.96. The fraction of sp³-hybridized carbons (Fsp3) is 0.385. The third kappa shape index (κ3) is 2.76. The SMILES string of the molecule is O=C(O)[C@@H]1CCCN(C(=O)c2cc(F)c(F)c(F)c2)C1. The Morgan fingerprint density at radius 1 is 1.20 bits per heavy atom. The molecule has 4 nitrogen and oxygen atoms in total. The second-order valence-electron chi connectivity index (χ2n) is 4.68. The van der Waals surface area contributed by atoms with Crippen molar-refractivity contribution >= 4 is 11.9 Å². The number of likely N-dealkylation sites (tertiary alicyclic amines) is 1. The van der Waals surface area contributed by atoms with Gasteiger partial charge in [-0.15, -0.1) is 0 Å². The molecule has 108 valence electrons. The van der Waals surface area contributed by atoms with Crippen LogP contribution >= 0.6 is 0 Å². The first-order valence-corrected chi connectivity index (χ1v) is 6.06. The average Bonchev–Trinajstić information content (AvgIpc) is 2.43. The summed E-state index contributed by atoms with van der Waals surface area (Å²) >= 11 is 0. The highest BCUT2D eigenvalue weighted by Gasteiger charge is 2.29. The van der Waals surface area contributed by atoms with Crippen LogP contribution in [-0.4, -0.2) is 35.0 Å². The summed E-state index contributed by atoms with van der Waals surface area (Å²) in [4.78, 5) is 24.2. The van der Waals surface area contributed by atoms with E-state index in [1.165, 1.54) is 4.90 Å². The van der Waals surface area contributed by atoms with Gasteiger partial charge in [0.15, 0.2) is 17.5 Å². The molecule has 20 heavy (non-hydrogen) atoms. The van der Waals surface area contributed by atoms with Crippen LogP contribution in [0.3, 0.4) is 0 Å². The first kappa shape index (κ1) is 14.4. The van der Waals surface area contributed by atoms with Crippen LogP contribution in [0.15, 0.2) is 12.1 Å². The highest BCUT2D eigenvalue weighted by Crippen LogP contribution is 2.20. The van der Waals surface area contributed by atoms with Crippen LogP contribution in [0.2, 0.25) is 0 Å². The Morgan fingerprint density at radius 2 is 1.80 bits per heavy atom. The molecule has 1 heterocycles. The van der Waals surface area contributed by atoms with Gasteiger partial charge in [-0.2, -0.15) is 0 Å². The third-order valence-corrected chi connectivity index (χ3v) is 3.29. The van der Waals surface area contributed by atoms with Crippen molar-refractivity contribution in [3.05, 3.63) is 35.1 Å². The fourth-order valence-corrected chi connectivity index (χ4v) is 2.22. The number of carbonyl (C=O) groups is 2. The monoisotopic (exact) mass is 287 g/mol. The minimum atomic E-state index is -1.64. The van der Waals surface area contributed by atoms with Crippen LogP contribution in [0.4, 0.5) is 13.2 Å². The molecule has 2 rings (SSSR count). The van der Waals surface area contributed by atoms with Crippen LogP contribution < -0.4 is 0 Å². The summed E-state index contributed by atoms with van der Waals surface area (Å²) in [5.41, 5.74) is -0.326. The number of hydrogen-bond donors (Lipinski definition) is 1. The molecule has 0 aliphatic carbocycles. The molecule has 0 saturated carbocycles. The molecular weight excluding hydrogens is 275 g/mol. The predicted molar refractivity (Wildman–Crippen MR) is 62.6 cm³/mol. The van der Waals surface area contributed by atoms with Gasteiger partial charge in [0.2, 0.25) is 0 Å². The maximum Gasteiger partial charge on any atom is 0.308 e. The van der Waals surface area contributed by atoms with Crippen LogP contribution in [-0.2, 0) is 4.79 Å². The number of nitrogens with zero attached hydrogens (tertiary/aromatic N) is 1. The van der Waals surface area contributed by atoms with Crippen LogP contribution in [0.1, 0.15) is 23.2 Å². The van der Waals surface area contributed by atoms with Crippen molar-refractivity contribution in [3.63, 3.8) is 0 Å². The molecule has 0 spiro atoms. The number of carboxylic acid groups (broad SMARTS) is 1. The van der Waals surface area contributed by atoms with E-state index >= 15 is 0 Å². The van der Waals surface area contributed by atoms with E-state index in [1.807, 2.05) is 0 Å². The Bertz CT molecular complexity index is 539. The van der Waals surface area contributed by atoms with Crippen molar-refractivity contribution in [2.75, 3.05) is 13.1 Å². The lowest BCUT2D eigenvalue weighted by atomic mass is 9.97. The molecule has 1 fully saturated rings. The minimum absolute atomic E-state index is 0.0191. The lowest BCUT2D eigenvalue weighted by Crippen LogP contribution is -2.42. The van der Waals surface area contributed by atoms with Crippen molar-refractivity contribution in [1.82, 2.24) is 4.90 Å². The summed E-state index contributed by atoms with van der Waals surface area (Å²) < 4.78 is 39.0. The smallest absolute Gasteiger partial charge is 0.308 e. The van der Waals surface area contributed by atoms with Gasteiger partial charge < -0.3 is 10.0 Å². The van der Waals surface area contributed by atoms with Crippen molar-refractivity contribution in [2.24, 2.45) is 5.92 Å². The molecule has 0 bridgehead atoms. The van der Waals surface area contributed by atoms with E-state index in [1.54, 1.807) is 0 Å². The Labute approximate surface area is 112 Å². The zero-order valence-electron chi connectivity index (χ0n) is 10.4. The van der Waals surface area contributed by atoms with E-state index < -0.39 is 35.2 Å². The maximum atomic E-state index is 13.1. The predicted octanol–water partition coefficient (Wildman–Crippen LogP) is 2.04. The standard InChI is InChI=1S/C13H12F3NO3/c14-9-4-8(5-10(15)11(9)16)12(18)17-3-1-2-7(6-17)13(19)20/h4-5,7H,1-3,6H2,(H,19,20)/t7-/m1/s1. The lowest BCUT2D eigenvalue weighted by molar-refractivity contribution is -0.143. The van der Waals surface area contributed by atoms with Crippen molar-refractivity contribution in [2.45, 2.75) is 12.8 Å². The van der Waals surface area contributed by atoms with E-state index in [0.29, 0.717) is 31.5 Å². The largest absolute Gasteiger partial charge is 0.481 e. The summed E-state index contributed by atoms with van der Waals surface area (Å²) in [5.74, 6) is -6.93. The van der Waals surface area contributed by atoms with E-state index in [0.717, 1.165) is 0 Å². The number of amides is 1. The number of aliphatic carboxylic acids is 1. The number of piperidine rings is 1. The molecule has 1 aromatic carbocycles. The van der Waals surface area contributed by atoms with Crippen LogP contribution in [0.25, 0.3) is 0 Å². The van der Waals surface area contributed by atoms with Crippen molar-refractivity contribution < 1.29 is 27.9 Å². The average molecular weight is 287 g/mol. The van der Waals surface area contributed by atoms with E-state index in [9.17, 15) is 22.8 Å². The van der Waals surface area contributed by atoms with Gasteiger partial charge in [0.05, 0.1) is 5.92 Å². The molecule has 1 aromatic rings. The molecular formula is C13H12F3NO3. The Morgan fingerprint density at radius 3 is 2.35 bits per heavy atom. The zero-order valence-corrected chi connectivity index (χ0v) is 10.4. The molecule has 1 saturated heterocycles. The number of halogens is 3. The van der Waals surface area contributed by atoms with Crippen LogP contribution in [0.5, 0.6) is 0 Å². The minimum Gasteiger partial charge on any atom is -0.481 e. The lowest BCUT2D eigenvalue weighted by Gasteiger charge is -2.30. The van der Waals surface area contributed by atoms with Gasteiger partial charge in [-0.25, -0.2) is 13.2 Å². The first-order valence-electron chi connectivity index (χ1n) is 6.06. The molecule has 1 aliphatic rings. The molecule has 1 atom stereocenters. The van der Waals surface area contributed by atoms with Crippen LogP contribution in [0, 0.1) is 23.4 Å². The number of benzene rings is 1. The first-order chi connectivity index (χ1) is 9.40. The number of rotatable bonds is 2. The molecule has 0 radical (unpaired) electrons. The molecule has 0 unspecified atom stereocenters. The van der Waals surface area contributed by atoms with E-state index in [-0.39, 0.29) is 12.1 Å². The maximum absolute atomic E-state index is 13.1. The molecule has 1 N–H and O–H groups in total. The summed E-state index contributed by atoms with van der Waals surface area (Å²) in [5, 5.41) is 8.93. The summed E-state index contributed by atoms with van der Waals surface area (Å²) in [7, 11) is 0. The fourth-order valence-electron chi connectivity index (χ4n) is 2.22. The van der Waals surface area contributed by atoms with Gasteiger partial charge in [0, 0.05) is 18.7 Å². The van der Waals surface area contributed by atoms with Gasteiger partial charge in [0.25, 0.3) is 5.91 Å². The second-order valence-corrected chi connectivity index (χ2v) is 4.68. The quantitative estimate of drug-likeness (QED) is 0.847. The van der Waals surface area contributed by atoms with Gasteiger partial charge in [0.1, 0.15) is 0 Å². The molecule has 1 aliphatic heterocycles. The highest BCUT2D eigenvalue weighted by atomic mass is 19.2. The Balaban J connectivity index is 2.21. The highest BCUT2D eigenvalue weighted by molar-refractivity contribution is 5.94. The van der Waals surface area contributed by atoms with Gasteiger partial charge in [-0.1, -0.05) is 0 Å². The van der Waals surface area contributed by atoms with Gasteiger partial charge >= 0.3 is 5.97 Å². The number of carbonyl (C=O) groups excluding carboxylic acids is 1. The molecule has 0 aromatic heterocycles. The summed E-state index contributed by atoms with van der Waals surface area (Å²) in [6.45, 7) is 0.290. The molecule has 7 heteroatoms. The van der Waals surface area contributed by atoms with Crippen molar-refractivity contribution in [3.8, 4) is 0 Å². The van der Waals surface area contributed by atoms with E-state index in [2.05, 4.69) is 0 Å². The second kappa shape index (κ2) is 5.52. The third-order valence-electron chi connectivity index (χ3n) is 3.29. The van der Waals surface area contributed by atoms with Crippen molar-refractivity contribution in [1.29, 1.82) is 0 Å². The topological polar surface area (TPSA) is 57.6 Å². The summed E-state index contributed by atoms with van der Waals surface area (Å²) in [6, 6.07) is 1.23. The van der Waals surface area contributed by atoms with Gasteiger partial charge in [-0.05, 0) is 25.0 Å². The Hall–Kier alpha value is -2.05. The zero-order chi connectivity index (χ0) is 14.9. The molecule has 1 amide bonds. The van der Waals surface area contributed by atoms with E-state index in [4.69, 9.17) is 5.11 Å². The number of hydrogen-bond acceptors (Lipinski definition) is 2. The summed E-state index contributed by atoms with van der Waals surface area (Å²) in [6.07, 6.45) is 0.945. The normalized spacial score (nSPS) is 18.9. The van der Waals surface area contributed by atoms with Gasteiger partial charge in [-0.3, -0.25) is 9.59 Å².